The number of hydrogen-bond acceptors (Lipinski definition) is 3. The molecule has 4 heteroatoms. The van der Waals surface area contributed by atoms with E-state index in [1.807, 2.05) is 20.9 Å². The fourth-order valence-corrected chi connectivity index (χ4v) is 1.51. The molecule has 0 atom stereocenters. The molecule has 4 nitrogen and oxygen atoms in total. The van der Waals surface area contributed by atoms with Crippen molar-refractivity contribution in [2.45, 2.75) is 13.8 Å². The molecule has 2 aromatic heterocycles. The second kappa shape index (κ2) is 3.89. The monoisotopic (exact) mass is 215 g/mol. The summed E-state index contributed by atoms with van der Waals surface area (Å²) in [5.74, 6) is -0.0609. The van der Waals surface area contributed by atoms with Crippen LogP contribution in [0.5, 0.6) is 0 Å². The Labute approximate surface area is 93.9 Å². The number of carbonyl (C=O) groups is 1. The lowest BCUT2D eigenvalue weighted by molar-refractivity contribution is 0.103. The first kappa shape index (κ1) is 10.5. The van der Waals surface area contributed by atoms with Crippen LogP contribution in [0.3, 0.4) is 0 Å². The van der Waals surface area contributed by atoms with E-state index in [1.54, 1.807) is 29.1 Å². The summed E-state index contributed by atoms with van der Waals surface area (Å²) in [6.45, 7) is 3.78. The molecule has 0 spiro atoms. The van der Waals surface area contributed by atoms with Gasteiger partial charge in [0.25, 0.3) is 0 Å². The summed E-state index contributed by atoms with van der Waals surface area (Å²) < 4.78 is 1.70. The number of rotatable bonds is 2. The first-order valence-corrected chi connectivity index (χ1v) is 5.06. The van der Waals surface area contributed by atoms with E-state index in [4.69, 9.17) is 0 Å². The number of aryl methyl sites for hydroxylation is 3. The van der Waals surface area contributed by atoms with Crippen molar-refractivity contribution in [2.24, 2.45) is 7.05 Å². The third-order valence-electron chi connectivity index (χ3n) is 2.51. The highest BCUT2D eigenvalue weighted by atomic mass is 16.1. The van der Waals surface area contributed by atoms with Crippen LogP contribution >= 0.6 is 0 Å². The Morgan fingerprint density at radius 2 is 2.06 bits per heavy atom. The first-order chi connectivity index (χ1) is 7.58. The van der Waals surface area contributed by atoms with Crippen molar-refractivity contribution in [3.8, 4) is 0 Å². The van der Waals surface area contributed by atoms with Crippen LogP contribution in [0.4, 0.5) is 0 Å². The van der Waals surface area contributed by atoms with Gasteiger partial charge in [0.05, 0.1) is 0 Å². The summed E-state index contributed by atoms with van der Waals surface area (Å²) in [5, 5.41) is 4.16. The quantitative estimate of drug-likeness (QED) is 0.716. The summed E-state index contributed by atoms with van der Waals surface area (Å²) in [5.41, 5.74) is 2.91. The lowest BCUT2D eigenvalue weighted by Gasteiger charge is -1.98. The predicted molar refractivity (Wildman–Crippen MR) is 60.4 cm³/mol. The average molecular weight is 215 g/mol. The van der Waals surface area contributed by atoms with Crippen molar-refractivity contribution in [1.29, 1.82) is 0 Å². The van der Waals surface area contributed by atoms with Crippen LogP contribution in [0.1, 0.15) is 27.4 Å². The van der Waals surface area contributed by atoms with Crippen LogP contribution in [-0.4, -0.2) is 20.5 Å². The fraction of sp³-hybridized carbons (Fsp3) is 0.250. The Bertz CT molecular complexity index is 523. The molecule has 0 fully saturated rings. The van der Waals surface area contributed by atoms with Crippen LogP contribution in [0.2, 0.25) is 0 Å². The minimum absolute atomic E-state index is 0.0609. The topological polar surface area (TPSA) is 47.8 Å². The molecule has 0 aliphatic rings. The molecule has 2 aromatic rings. The Balaban J connectivity index is 2.39. The standard InChI is InChI=1S/C12H13N3O/c1-8-6-10(4-5-13-8)12(16)11-7-9(2)15(3)14-11/h4-7H,1-3H3. The highest BCUT2D eigenvalue weighted by molar-refractivity contribution is 6.07. The third-order valence-corrected chi connectivity index (χ3v) is 2.51. The molecular weight excluding hydrogens is 202 g/mol. The van der Waals surface area contributed by atoms with Gasteiger partial charge in [-0.25, -0.2) is 0 Å². The minimum atomic E-state index is -0.0609. The molecule has 0 unspecified atom stereocenters. The number of carbonyl (C=O) groups excluding carboxylic acids is 1. The van der Waals surface area contributed by atoms with E-state index in [-0.39, 0.29) is 5.78 Å². The Morgan fingerprint density at radius 3 is 2.62 bits per heavy atom. The summed E-state index contributed by atoms with van der Waals surface area (Å²) in [7, 11) is 1.82. The smallest absolute Gasteiger partial charge is 0.213 e. The molecule has 0 saturated heterocycles. The lowest BCUT2D eigenvalue weighted by atomic mass is 10.1. The average Bonchev–Trinajstić information content (AvgIpc) is 2.58. The van der Waals surface area contributed by atoms with E-state index in [2.05, 4.69) is 10.1 Å². The third kappa shape index (κ3) is 1.86. The number of aromatic nitrogens is 3. The van der Waals surface area contributed by atoms with Gasteiger partial charge in [-0.1, -0.05) is 0 Å². The number of pyridine rings is 1. The van der Waals surface area contributed by atoms with Gasteiger partial charge in [-0.3, -0.25) is 14.5 Å². The zero-order valence-corrected chi connectivity index (χ0v) is 9.56. The van der Waals surface area contributed by atoms with Crippen molar-refractivity contribution in [2.75, 3.05) is 0 Å². The predicted octanol–water partition coefficient (Wildman–Crippen LogP) is 1.66. The maximum atomic E-state index is 12.1. The second-order valence-electron chi connectivity index (χ2n) is 3.81. The molecule has 0 radical (unpaired) electrons. The number of nitrogens with zero attached hydrogens (tertiary/aromatic N) is 3. The van der Waals surface area contributed by atoms with Crippen molar-refractivity contribution in [3.05, 3.63) is 47.0 Å². The molecule has 0 saturated carbocycles. The van der Waals surface area contributed by atoms with Gasteiger partial charge in [-0.2, -0.15) is 5.10 Å². The molecule has 0 aliphatic heterocycles. The normalized spacial score (nSPS) is 10.4. The van der Waals surface area contributed by atoms with Gasteiger partial charge in [-0.15, -0.1) is 0 Å². The maximum absolute atomic E-state index is 12.1. The Hall–Kier alpha value is -1.97. The highest BCUT2D eigenvalue weighted by Crippen LogP contribution is 2.10. The van der Waals surface area contributed by atoms with Crippen LogP contribution in [0.25, 0.3) is 0 Å². The van der Waals surface area contributed by atoms with Crippen molar-refractivity contribution >= 4 is 5.78 Å². The van der Waals surface area contributed by atoms with E-state index in [0.29, 0.717) is 11.3 Å². The van der Waals surface area contributed by atoms with Gasteiger partial charge in [-0.05, 0) is 32.0 Å². The van der Waals surface area contributed by atoms with Crippen LogP contribution < -0.4 is 0 Å². The second-order valence-corrected chi connectivity index (χ2v) is 3.81. The van der Waals surface area contributed by atoms with Crippen molar-refractivity contribution in [3.63, 3.8) is 0 Å². The maximum Gasteiger partial charge on any atom is 0.213 e. The van der Waals surface area contributed by atoms with Crippen LogP contribution in [-0.2, 0) is 7.05 Å². The molecule has 2 heterocycles. The molecule has 0 N–H and O–H groups in total. The summed E-state index contributed by atoms with van der Waals surface area (Å²) >= 11 is 0. The lowest BCUT2D eigenvalue weighted by Crippen LogP contribution is -2.04. The molecule has 0 aliphatic carbocycles. The van der Waals surface area contributed by atoms with E-state index in [9.17, 15) is 4.79 Å². The SMILES string of the molecule is Cc1cc(C(=O)c2cc(C)n(C)n2)ccn1. The van der Waals surface area contributed by atoms with E-state index in [0.717, 1.165) is 11.4 Å². The van der Waals surface area contributed by atoms with Gasteiger partial charge < -0.3 is 0 Å². The van der Waals surface area contributed by atoms with Crippen molar-refractivity contribution in [1.82, 2.24) is 14.8 Å². The van der Waals surface area contributed by atoms with Gasteiger partial charge >= 0.3 is 0 Å². The minimum Gasteiger partial charge on any atom is -0.287 e. The van der Waals surface area contributed by atoms with Gasteiger partial charge in [0.1, 0.15) is 5.69 Å². The van der Waals surface area contributed by atoms with Crippen LogP contribution in [0.15, 0.2) is 24.4 Å². The van der Waals surface area contributed by atoms with Gasteiger partial charge in [0, 0.05) is 30.2 Å². The van der Waals surface area contributed by atoms with E-state index >= 15 is 0 Å². The van der Waals surface area contributed by atoms with Crippen molar-refractivity contribution < 1.29 is 4.79 Å². The molecule has 0 bridgehead atoms. The first-order valence-electron chi connectivity index (χ1n) is 5.06. The molecule has 0 amide bonds. The van der Waals surface area contributed by atoms with Crippen LogP contribution in [0, 0.1) is 13.8 Å². The van der Waals surface area contributed by atoms with Gasteiger partial charge in [0.15, 0.2) is 0 Å². The molecular formula is C12H13N3O. The molecule has 16 heavy (non-hydrogen) atoms. The Morgan fingerprint density at radius 1 is 1.31 bits per heavy atom. The largest absolute Gasteiger partial charge is 0.287 e. The van der Waals surface area contributed by atoms with E-state index < -0.39 is 0 Å². The Kier molecular flexibility index (Phi) is 2.56. The highest BCUT2D eigenvalue weighted by Gasteiger charge is 2.13. The number of hydrogen-bond donors (Lipinski definition) is 0. The molecule has 2 rings (SSSR count). The summed E-state index contributed by atoms with van der Waals surface area (Å²) in [4.78, 5) is 16.1. The number of ketones is 1. The molecule has 82 valence electrons. The van der Waals surface area contributed by atoms with Gasteiger partial charge in [0.2, 0.25) is 5.78 Å². The zero-order valence-electron chi connectivity index (χ0n) is 9.56. The summed E-state index contributed by atoms with van der Waals surface area (Å²) in [6, 6.07) is 5.27. The zero-order chi connectivity index (χ0) is 11.7. The molecule has 0 aromatic carbocycles. The summed E-state index contributed by atoms with van der Waals surface area (Å²) in [6.07, 6.45) is 1.64. The van der Waals surface area contributed by atoms with E-state index in [1.165, 1.54) is 0 Å². The fourth-order valence-electron chi connectivity index (χ4n) is 1.51.